The molecule has 5 atom stereocenters. The highest BCUT2D eigenvalue weighted by atomic mass is 16.7. The van der Waals surface area contributed by atoms with Crippen molar-refractivity contribution in [3.8, 4) is 28.4 Å². The summed E-state index contributed by atoms with van der Waals surface area (Å²) in [7, 11) is 0. The Kier molecular flexibility index (Phi) is 5.56. The number of benzene rings is 2. The molecule has 3 aromatic rings. The summed E-state index contributed by atoms with van der Waals surface area (Å²) in [5.41, 5.74) is 0.146. The molecule has 4 rings (SSSR count). The van der Waals surface area contributed by atoms with E-state index in [1.54, 1.807) is 0 Å². The zero-order chi connectivity index (χ0) is 22.3. The molecule has 0 amide bonds. The first-order valence-corrected chi connectivity index (χ1v) is 9.35. The van der Waals surface area contributed by atoms with Gasteiger partial charge in [-0.05, 0) is 17.7 Å². The minimum Gasteiger partial charge on any atom is -0.508 e. The Morgan fingerprint density at radius 3 is 2.35 bits per heavy atom. The summed E-state index contributed by atoms with van der Waals surface area (Å²) >= 11 is 0. The van der Waals surface area contributed by atoms with Crippen molar-refractivity contribution in [2.75, 3.05) is 6.61 Å². The number of ether oxygens (including phenoxy) is 2. The van der Waals surface area contributed by atoms with Gasteiger partial charge in [-0.3, -0.25) is 4.79 Å². The van der Waals surface area contributed by atoms with Crippen molar-refractivity contribution >= 4 is 11.0 Å². The molecule has 0 saturated carbocycles. The molecule has 31 heavy (non-hydrogen) atoms. The summed E-state index contributed by atoms with van der Waals surface area (Å²) in [5.74, 6) is -0.421. The van der Waals surface area contributed by atoms with Crippen LogP contribution in [0.5, 0.6) is 17.2 Å². The van der Waals surface area contributed by atoms with Gasteiger partial charge in [0.25, 0.3) is 0 Å². The van der Waals surface area contributed by atoms with Gasteiger partial charge in [-0.2, -0.15) is 0 Å². The van der Waals surface area contributed by atoms with Crippen LogP contribution in [0.15, 0.2) is 51.9 Å². The molecule has 2 heterocycles. The topological polar surface area (TPSA) is 170 Å². The number of fused-ring (bicyclic) bond motifs is 1. The number of phenols is 2. The Bertz CT molecular complexity index is 1140. The summed E-state index contributed by atoms with van der Waals surface area (Å²) in [6.07, 6.45) is -5.84. The van der Waals surface area contributed by atoms with Crippen LogP contribution in [-0.4, -0.2) is 68.0 Å². The predicted molar refractivity (Wildman–Crippen MR) is 106 cm³/mol. The maximum Gasteiger partial charge on any atom is 0.229 e. The van der Waals surface area contributed by atoms with Crippen LogP contribution in [0.1, 0.15) is 0 Å². The highest BCUT2D eigenvalue weighted by Crippen LogP contribution is 2.30. The molecule has 1 fully saturated rings. The normalized spacial score (nSPS) is 26.1. The van der Waals surface area contributed by atoms with E-state index in [2.05, 4.69) is 0 Å². The number of phenolic OH excluding ortho intramolecular Hbond substituents is 2. The van der Waals surface area contributed by atoms with Crippen LogP contribution in [-0.2, 0) is 4.74 Å². The van der Waals surface area contributed by atoms with Crippen LogP contribution in [0.3, 0.4) is 0 Å². The zero-order valence-electron chi connectivity index (χ0n) is 16.0. The van der Waals surface area contributed by atoms with Crippen molar-refractivity contribution in [3.05, 3.63) is 52.9 Å². The van der Waals surface area contributed by atoms with E-state index in [1.807, 2.05) is 0 Å². The van der Waals surface area contributed by atoms with Crippen LogP contribution in [0.4, 0.5) is 0 Å². The molecule has 2 aromatic carbocycles. The van der Waals surface area contributed by atoms with E-state index in [9.17, 15) is 35.4 Å². The third-order valence-electron chi connectivity index (χ3n) is 5.11. The largest absolute Gasteiger partial charge is 0.508 e. The van der Waals surface area contributed by atoms with E-state index in [0.717, 1.165) is 6.07 Å². The lowest BCUT2D eigenvalue weighted by Crippen LogP contribution is -2.60. The molecule has 0 aliphatic carbocycles. The highest BCUT2D eigenvalue weighted by Gasteiger charge is 2.44. The summed E-state index contributed by atoms with van der Waals surface area (Å²) in [5, 5.41) is 58.4. The molecule has 10 nitrogen and oxygen atoms in total. The van der Waals surface area contributed by atoms with Gasteiger partial charge in [0.1, 0.15) is 58.9 Å². The fourth-order valence-corrected chi connectivity index (χ4v) is 3.43. The number of hydrogen-bond donors (Lipinski definition) is 6. The fraction of sp³-hybridized carbons (Fsp3) is 0.286. The van der Waals surface area contributed by atoms with Crippen LogP contribution < -0.4 is 10.2 Å². The smallest absolute Gasteiger partial charge is 0.229 e. The number of aliphatic hydroxyl groups is 4. The number of aromatic hydroxyl groups is 2. The van der Waals surface area contributed by atoms with Crippen molar-refractivity contribution in [1.29, 1.82) is 0 Å². The van der Waals surface area contributed by atoms with Gasteiger partial charge in [0.15, 0.2) is 0 Å². The van der Waals surface area contributed by atoms with Crippen LogP contribution >= 0.6 is 0 Å². The van der Waals surface area contributed by atoms with Gasteiger partial charge < -0.3 is 44.5 Å². The van der Waals surface area contributed by atoms with E-state index in [1.165, 1.54) is 36.6 Å². The molecule has 1 aromatic heterocycles. The molecular weight excluding hydrogens is 412 g/mol. The number of hydrogen-bond acceptors (Lipinski definition) is 10. The van der Waals surface area contributed by atoms with Crippen molar-refractivity contribution in [3.63, 3.8) is 0 Å². The second-order valence-electron chi connectivity index (χ2n) is 7.16. The van der Waals surface area contributed by atoms with Crippen molar-refractivity contribution in [2.24, 2.45) is 0 Å². The van der Waals surface area contributed by atoms with Gasteiger partial charge in [-0.25, -0.2) is 0 Å². The van der Waals surface area contributed by atoms with Crippen molar-refractivity contribution < 1.29 is 44.5 Å². The molecular formula is C21H20O10. The van der Waals surface area contributed by atoms with E-state index in [0.29, 0.717) is 5.56 Å². The quantitative estimate of drug-likeness (QED) is 0.331. The Morgan fingerprint density at radius 1 is 0.968 bits per heavy atom. The lowest BCUT2D eigenvalue weighted by Gasteiger charge is -2.39. The standard InChI is InChI=1S/C21H20O10/c22-7-15-18(26)19(27)20(28)21(31-15)30-11-3-1-9(2-4-11)12-8-29-14-6-10(23)5-13(24)16(14)17(12)25/h1-6,8,15,18-24,26-28H,7H2/t15-,18+,19-,20+,21-/m1/s1. The molecule has 0 radical (unpaired) electrons. The Hall–Kier alpha value is -3.15. The van der Waals surface area contributed by atoms with Gasteiger partial charge in [0, 0.05) is 12.1 Å². The van der Waals surface area contributed by atoms with E-state index in [-0.39, 0.29) is 28.0 Å². The third kappa shape index (κ3) is 3.82. The maximum atomic E-state index is 12.8. The minimum atomic E-state index is -1.57. The molecule has 1 aliphatic heterocycles. The second kappa shape index (κ2) is 8.17. The van der Waals surface area contributed by atoms with E-state index >= 15 is 0 Å². The second-order valence-corrected chi connectivity index (χ2v) is 7.16. The summed E-state index contributed by atoms with van der Waals surface area (Å²) in [4.78, 5) is 12.8. The zero-order valence-corrected chi connectivity index (χ0v) is 16.0. The van der Waals surface area contributed by atoms with Gasteiger partial charge in [-0.1, -0.05) is 12.1 Å². The number of rotatable bonds is 4. The molecule has 1 saturated heterocycles. The molecule has 10 heteroatoms. The summed E-state index contributed by atoms with van der Waals surface area (Å²) in [6.45, 7) is -0.577. The average Bonchev–Trinajstić information content (AvgIpc) is 2.74. The predicted octanol–water partition coefficient (Wildman–Crippen LogP) is 0.0499. The molecule has 0 spiro atoms. The van der Waals surface area contributed by atoms with Gasteiger partial charge in [0.05, 0.1) is 12.2 Å². The Morgan fingerprint density at radius 2 is 1.68 bits per heavy atom. The van der Waals surface area contributed by atoms with Gasteiger partial charge in [0.2, 0.25) is 11.7 Å². The molecule has 0 bridgehead atoms. The van der Waals surface area contributed by atoms with Gasteiger partial charge in [-0.15, -0.1) is 0 Å². The average molecular weight is 432 g/mol. The molecule has 6 N–H and O–H groups in total. The van der Waals surface area contributed by atoms with Gasteiger partial charge >= 0.3 is 0 Å². The maximum absolute atomic E-state index is 12.8. The highest BCUT2D eigenvalue weighted by molar-refractivity contribution is 5.88. The molecule has 1 aliphatic rings. The van der Waals surface area contributed by atoms with E-state index in [4.69, 9.17) is 13.9 Å². The van der Waals surface area contributed by atoms with Crippen molar-refractivity contribution in [1.82, 2.24) is 0 Å². The minimum absolute atomic E-state index is 0.0359. The third-order valence-corrected chi connectivity index (χ3v) is 5.11. The lowest BCUT2D eigenvalue weighted by atomic mass is 9.99. The first kappa shape index (κ1) is 21.1. The Balaban J connectivity index is 1.59. The summed E-state index contributed by atoms with van der Waals surface area (Å²) < 4.78 is 16.2. The van der Waals surface area contributed by atoms with E-state index < -0.39 is 48.5 Å². The monoisotopic (exact) mass is 432 g/mol. The SMILES string of the molecule is O=c1c(-c2ccc(O[C@@H]3O[C@H](CO)[C@H](O)[C@@H](O)[C@@H]3O)cc2)coc2cc(O)cc(O)c12. The fourth-order valence-electron chi connectivity index (χ4n) is 3.43. The number of aliphatic hydroxyl groups excluding tert-OH is 4. The molecule has 164 valence electrons. The van der Waals surface area contributed by atoms with Crippen LogP contribution in [0, 0.1) is 0 Å². The lowest BCUT2D eigenvalue weighted by molar-refractivity contribution is -0.277. The first-order chi connectivity index (χ1) is 14.8. The Labute approximate surface area is 174 Å². The van der Waals surface area contributed by atoms with Crippen LogP contribution in [0.25, 0.3) is 22.1 Å². The van der Waals surface area contributed by atoms with Crippen LogP contribution in [0.2, 0.25) is 0 Å². The van der Waals surface area contributed by atoms with Crippen molar-refractivity contribution in [2.45, 2.75) is 30.7 Å². The first-order valence-electron chi connectivity index (χ1n) is 9.35. The summed E-state index contributed by atoms with van der Waals surface area (Å²) in [6, 6.07) is 8.30. The molecule has 0 unspecified atom stereocenters.